The van der Waals surface area contributed by atoms with Crippen LogP contribution in [0.2, 0.25) is 0 Å². The van der Waals surface area contributed by atoms with Crippen LogP contribution in [0.1, 0.15) is 33.1 Å². The lowest BCUT2D eigenvalue weighted by Gasteiger charge is -2.32. The lowest BCUT2D eigenvalue weighted by molar-refractivity contribution is 0.212. The van der Waals surface area contributed by atoms with Crippen LogP contribution in [-0.2, 0) is 0 Å². The lowest BCUT2D eigenvalue weighted by atomic mass is 9.94. The molecule has 1 saturated carbocycles. The van der Waals surface area contributed by atoms with Crippen LogP contribution in [0.25, 0.3) is 0 Å². The van der Waals surface area contributed by atoms with E-state index in [9.17, 15) is 5.26 Å². The third kappa shape index (κ3) is 3.20. The molecule has 0 aromatic carbocycles. The van der Waals surface area contributed by atoms with Crippen molar-refractivity contribution in [2.45, 2.75) is 38.6 Å². The molecule has 0 saturated heterocycles. The molecule has 1 aliphatic carbocycles. The summed E-state index contributed by atoms with van der Waals surface area (Å²) in [5.41, 5.74) is -0.317. The van der Waals surface area contributed by atoms with Crippen molar-refractivity contribution in [3.8, 4) is 6.07 Å². The molecule has 0 aromatic heterocycles. The van der Waals surface area contributed by atoms with Crippen molar-refractivity contribution >= 4 is 0 Å². The molecule has 1 rings (SSSR count). The minimum Gasteiger partial charge on any atom is -0.303 e. The van der Waals surface area contributed by atoms with E-state index in [1.54, 1.807) is 0 Å². The van der Waals surface area contributed by atoms with Gasteiger partial charge < -0.3 is 10.2 Å². The first-order valence-electron chi connectivity index (χ1n) is 6.36. The Kier molecular flexibility index (Phi) is 4.76. The quantitative estimate of drug-likeness (QED) is 0.716. The normalized spacial score (nSPS) is 21.5. The van der Waals surface area contributed by atoms with Crippen molar-refractivity contribution in [3.05, 3.63) is 0 Å². The molecule has 3 heteroatoms. The van der Waals surface area contributed by atoms with Crippen molar-refractivity contribution in [1.82, 2.24) is 10.2 Å². The van der Waals surface area contributed by atoms with Gasteiger partial charge >= 0.3 is 0 Å². The van der Waals surface area contributed by atoms with E-state index in [1.165, 1.54) is 19.3 Å². The van der Waals surface area contributed by atoms with Crippen molar-refractivity contribution in [3.63, 3.8) is 0 Å². The third-order valence-electron chi connectivity index (χ3n) is 3.76. The predicted octanol–water partition coefficient (Wildman–Crippen LogP) is 1.86. The molecule has 2 atom stereocenters. The van der Waals surface area contributed by atoms with E-state index in [2.05, 4.69) is 37.2 Å². The zero-order chi connectivity index (χ0) is 12.2. The van der Waals surface area contributed by atoms with Gasteiger partial charge in [0.2, 0.25) is 0 Å². The number of nitrogens with zero attached hydrogens (tertiary/aromatic N) is 2. The molecule has 0 aliphatic heterocycles. The average Bonchev–Trinajstić information content (AvgIpc) is 3.10. The van der Waals surface area contributed by atoms with Gasteiger partial charge in [0.1, 0.15) is 5.54 Å². The zero-order valence-electron chi connectivity index (χ0n) is 11.1. The highest BCUT2D eigenvalue weighted by molar-refractivity contribution is 5.16. The number of likely N-dealkylation sites (N-methyl/N-ethyl adjacent to an activating group) is 2. The van der Waals surface area contributed by atoms with E-state index in [1.807, 2.05) is 7.05 Å². The van der Waals surface area contributed by atoms with Crippen LogP contribution >= 0.6 is 0 Å². The highest BCUT2D eigenvalue weighted by atomic mass is 15.1. The van der Waals surface area contributed by atoms with E-state index >= 15 is 0 Å². The van der Waals surface area contributed by atoms with Gasteiger partial charge in [-0.05, 0) is 38.8 Å². The van der Waals surface area contributed by atoms with E-state index in [-0.39, 0.29) is 5.54 Å². The Balaban J connectivity index is 2.52. The Morgan fingerprint density at radius 1 is 1.56 bits per heavy atom. The van der Waals surface area contributed by atoms with Gasteiger partial charge in [0, 0.05) is 13.1 Å². The van der Waals surface area contributed by atoms with E-state index in [0.717, 1.165) is 13.1 Å². The maximum Gasteiger partial charge on any atom is 0.122 e. The second-order valence-corrected chi connectivity index (χ2v) is 5.32. The maximum absolute atomic E-state index is 9.39. The largest absolute Gasteiger partial charge is 0.303 e. The average molecular weight is 223 g/mol. The first-order chi connectivity index (χ1) is 7.57. The molecular weight excluding hydrogens is 198 g/mol. The van der Waals surface area contributed by atoms with Crippen LogP contribution in [-0.4, -0.2) is 37.6 Å². The number of nitrogens with one attached hydrogen (secondary N) is 1. The standard InChI is InChI=1S/C13H25N3/c1-5-11(2)8-16(4)10-13(9-14,15-3)12-6-7-12/h11-12,15H,5-8,10H2,1-4H3. The molecular formula is C13H25N3. The van der Waals surface area contributed by atoms with E-state index in [4.69, 9.17) is 0 Å². The molecule has 1 N–H and O–H groups in total. The van der Waals surface area contributed by atoms with Crippen molar-refractivity contribution in [1.29, 1.82) is 5.26 Å². The second-order valence-electron chi connectivity index (χ2n) is 5.32. The molecule has 0 spiro atoms. The maximum atomic E-state index is 9.39. The Morgan fingerprint density at radius 2 is 2.19 bits per heavy atom. The topological polar surface area (TPSA) is 39.1 Å². The molecule has 0 aromatic rings. The van der Waals surface area contributed by atoms with Crippen LogP contribution in [0.5, 0.6) is 0 Å². The zero-order valence-corrected chi connectivity index (χ0v) is 11.1. The summed E-state index contributed by atoms with van der Waals surface area (Å²) in [7, 11) is 4.04. The second kappa shape index (κ2) is 5.65. The van der Waals surface area contributed by atoms with Crippen LogP contribution in [0.3, 0.4) is 0 Å². The van der Waals surface area contributed by atoms with E-state index < -0.39 is 0 Å². The molecule has 16 heavy (non-hydrogen) atoms. The van der Waals surface area contributed by atoms with Crippen LogP contribution in [0.4, 0.5) is 0 Å². The Labute approximate surface area is 99.8 Å². The van der Waals surface area contributed by atoms with E-state index in [0.29, 0.717) is 11.8 Å². The fourth-order valence-electron chi connectivity index (χ4n) is 2.32. The summed E-state index contributed by atoms with van der Waals surface area (Å²) < 4.78 is 0. The highest BCUT2D eigenvalue weighted by Gasteiger charge is 2.45. The minimum atomic E-state index is -0.317. The highest BCUT2D eigenvalue weighted by Crippen LogP contribution is 2.39. The van der Waals surface area contributed by atoms with Crippen molar-refractivity contribution in [2.75, 3.05) is 27.2 Å². The van der Waals surface area contributed by atoms with Gasteiger partial charge in [-0.25, -0.2) is 0 Å². The fraction of sp³-hybridized carbons (Fsp3) is 0.923. The lowest BCUT2D eigenvalue weighted by Crippen LogP contribution is -2.52. The molecule has 3 nitrogen and oxygen atoms in total. The summed E-state index contributed by atoms with van der Waals surface area (Å²) in [6, 6.07) is 2.50. The summed E-state index contributed by atoms with van der Waals surface area (Å²) in [5, 5.41) is 12.6. The number of hydrogen-bond acceptors (Lipinski definition) is 3. The SMILES string of the molecule is CCC(C)CN(C)CC(C#N)(NC)C1CC1. The number of hydrogen-bond donors (Lipinski definition) is 1. The summed E-state index contributed by atoms with van der Waals surface area (Å²) in [6.07, 6.45) is 3.60. The summed E-state index contributed by atoms with van der Waals surface area (Å²) in [4.78, 5) is 2.30. The Morgan fingerprint density at radius 3 is 2.56 bits per heavy atom. The fourth-order valence-corrected chi connectivity index (χ4v) is 2.32. The molecule has 0 amide bonds. The first kappa shape index (κ1) is 13.5. The molecule has 2 unspecified atom stereocenters. The molecule has 0 radical (unpaired) electrons. The molecule has 1 aliphatic rings. The summed E-state index contributed by atoms with van der Waals surface area (Å²) in [6.45, 7) is 6.40. The Hall–Kier alpha value is -0.590. The molecule has 92 valence electrons. The van der Waals surface area contributed by atoms with Gasteiger partial charge in [0.15, 0.2) is 0 Å². The summed E-state index contributed by atoms with van der Waals surface area (Å²) in [5.74, 6) is 1.26. The van der Waals surface area contributed by atoms with Crippen LogP contribution < -0.4 is 5.32 Å². The number of nitriles is 1. The van der Waals surface area contributed by atoms with Gasteiger partial charge in [-0.15, -0.1) is 0 Å². The van der Waals surface area contributed by atoms with Crippen molar-refractivity contribution < 1.29 is 0 Å². The van der Waals surface area contributed by atoms with Gasteiger partial charge in [-0.3, -0.25) is 0 Å². The van der Waals surface area contributed by atoms with Gasteiger partial charge in [0.05, 0.1) is 6.07 Å². The summed E-state index contributed by atoms with van der Waals surface area (Å²) >= 11 is 0. The van der Waals surface area contributed by atoms with Gasteiger partial charge in [-0.2, -0.15) is 5.26 Å². The molecule has 0 bridgehead atoms. The minimum absolute atomic E-state index is 0.317. The molecule has 0 heterocycles. The van der Waals surface area contributed by atoms with Crippen molar-refractivity contribution in [2.24, 2.45) is 11.8 Å². The Bertz CT molecular complexity index is 254. The van der Waals surface area contributed by atoms with Gasteiger partial charge in [-0.1, -0.05) is 20.3 Å². The monoisotopic (exact) mass is 223 g/mol. The van der Waals surface area contributed by atoms with Crippen LogP contribution in [0.15, 0.2) is 0 Å². The van der Waals surface area contributed by atoms with Crippen LogP contribution in [0, 0.1) is 23.2 Å². The van der Waals surface area contributed by atoms with Gasteiger partial charge in [0.25, 0.3) is 0 Å². The smallest absolute Gasteiger partial charge is 0.122 e. The predicted molar refractivity (Wildman–Crippen MR) is 67.1 cm³/mol. The first-order valence-corrected chi connectivity index (χ1v) is 6.36. The third-order valence-corrected chi connectivity index (χ3v) is 3.76. The molecule has 1 fully saturated rings. The number of rotatable bonds is 7.